The Morgan fingerprint density at radius 3 is 2.44 bits per heavy atom. The number of para-hydroxylation sites is 1. The fraction of sp³-hybridized carbons (Fsp3) is 0.263. The summed E-state index contributed by atoms with van der Waals surface area (Å²) in [4.78, 5) is 23.7. The van der Waals surface area contributed by atoms with Crippen LogP contribution in [0.3, 0.4) is 0 Å². The van der Waals surface area contributed by atoms with Gasteiger partial charge in [-0.15, -0.1) is 0 Å². The Hall–Kier alpha value is -2.47. The lowest BCUT2D eigenvalue weighted by atomic mass is 10.0. The summed E-state index contributed by atoms with van der Waals surface area (Å²) >= 11 is 1.61. The molecule has 4 N–H and O–H groups in total. The van der Waals surface area contributed by atoms with Crippen molar-refractivity contribution in [2.24, 2.45) is 5.73 Å². The van der Waals surface area contributed by atoms with E-state index in [0.29, 0.717) is 6.42 Å². The van der Waals surface area contributed by atoms with Crippen LogP contribution in [0.5, 0.6) is 0 Å². The number of urea groups is 1. The predicted octanol–water partition coefficient (Wildman–Crippen LogP) is 3.01. The maximum atomic E-state index is 12.6. The average Bonchev–Trinajstić information content (AvgIpc) is 2.61. The minimum Gasteiger partial charge on any atom is -0.352 e. The summed E-state index contributed by atoms with van der Waals surface area (Å²) in [6.45, 7) is 0. The number of hydrogen-bond donors (Lipinski definition) is 3. The molecule has 6 heteroatoms. The molecule has 0 saturated heterocycles. The van der Waals surface area contributed by atoms with E-state index in [1.807, 2.05) is 48.7 Å². The topological polar surface area (TPSA) is 84.2 Å². The fourth-order valence-corrected chi connectivity index (χ4v) is 2.98. The number of nitrogens with one attached hydrogen (secondary N) is 2. The molecule has 0 aliphatic rings. The maximum Gasteiger partial charge on any atom is 0.312 e. The van der Waals surface area contributed by atoms with Gasteiger partial charge in [0.25, 0.3) is 0 Å². The third-order valence-electron chi connectivity index (χ3n) is 3.76. The fourth-order valence-electron chi connectivity index (χ4n) is 2.51. The van der Waals surface area contributed by atoms with Crippen molar-refractivity contribution in [3.05, 3.63) is 65.7 Å². The van der Waals surface area contributed by atoms with Crippen molar-refractivity contribution >= 4 is 29.4 Å². The third kappa shape index (κ3) is 6.15. The molecule has 0 fully saturated rings. The van der Waals surface area contributed by atoms with Gasteiger partial charge >= 0.3 is 6.03 Å². The molecule has 0 saturated carbocycles. The van der Waals surface area contributed by atoms with Gasteiger partial charge in [-0.1, -0.05) is 48.5 Å². The average molecular weight is 357 g/mol. The molecular formula is C19H23N3O2S. The van der Waals surface area contributed by atoms with E-state index in [-0.39, 0.29) is 5.91 Å². The number of carbonyl (C=O) groups excluding carboxylic acids is 2. The summed E-state index contributed by atoms with van der Waals surface area (Å²) in [7, 11) is 0. The van der Waals surface area contributed by atoms with Crippen molar-refractivity contribution in [3.63, 3.8) is 0 Å². The highest BCUT2D eigenvalue weighted by Crippen LogP contribution is 2.19. The summed E-state index contributed by atoms with van der Waals surface area (Å²) in [5.41, 5.74) is 8.12. The van der Waals surface area contributed by atoms with Crippen LogP contribution in [0.4, 0.5) is 10.5 Å². The molecule has 132 valence electrons. The van der Waals surface area contributed by atoms with Crippen LogP contribution in [0, 0.1) is 0 Å². The normalized spacial score (nSPS) is 11.6. The molecule has 2 aromatic rings. The summed E-state index contributed by atoms with van der Waals surface area (Å²) in [5, 5.41) is 5.44. The molecule has 25 heavy (non-hydrogen) atoms. The molecule has 0 aromatic heterocycles. The van der Waals surface area contributed by atoms with Crippen LogP contribution in [0.15, 0.2) is 54.6 Å². The Bertz CT molecular complexity index is 707. The third-order valence-corrected chi connectivity index (χ3v) is 4.40. The van der Waals surface area contributed by atoms with Gasteiger partial charge in [-0.25, -0.2) is 4.79 Å². The van der Waals surface area contributed by atoms with Crippen LogP contribution in [0.1, 0.15) is 17.5 Å². The summed E-state index contributed by atoms with van der Waals surface area (Å²) in [6.07, 6.45) is 3.20. The molecule has 0 unspecified atom stereocenters. The highest BCUT2D eigenvalue weighted by Gasteiger charge is 2.20. The van der Waals surface area contributed by atoms with Gasteiger partial charge in [0.1, 0.15) is 6.04 Å². The van der Waals surface area contributed by atoms with Gasteiger partial charge in [-0.3, -0.25) is 4.79 Å². The van der Waals surface area contributed by atoms with E-state index in [1.54, 1.807) is 11.8 Å². The first-order chi connectivity index (χ1) is 12.1. The molecule has 0 aliphatic heterocycles. The first-order valence-electron chi connectivity index (χ1n) is 8.07. The summed E-state index contributed by atoms with van der Waals surface area (Å²) in [5.74, 6) is 0.498. The summed E-state index contributed by atoms with van der Waals surface area (Å²) in [6, 6.07) is 16.4. The lowest BCUT2D eigenvalue weighted by Gasteiger charge is -2.18. The monoisotopic (exact) mass is 357 g/mol. The van der Waals surface area contributed by atoms with Gasteiger partial charge in [0.05, 0.1) is 0 Å². The lowest BCUT2D eigenvalue weighted by Crippen LogP contribution is -2.46. The zero-order chi connectivity index (χ0) is 18.1. The van der Waals surface area contributed by atoms with E-state index in [1.165, 1.54) is 5.56 Å². The van der Waals surface area contributed by atoms with Crippen molar-refractivity contribution in [3.8, 4) is 0 Å². The number of hydrogen-bond acceptors (Lipinski definition) is 3. The van der Waals surface area contributed by atoms with Crippen molar-refractivity contribution in [2.75, 3.05) is 17.3 Å². The van der Waals surface area contributed by atoms with Crippen LogP contribution in [-0.2, 0) is 11.2 Å². The van der Waals surface area contributed by atoms with E-state index in [9.17, 15) is 9.59 Å². The quantitative estimate of drug-likeness (QED) is 0.679. The zero-order valence-electron chi connectivity index (χ0n) is 14.2. The predicted molar refractivity (Wildman–Crippen MR) is 104 cm³/mol. The molecule has 3 amide bonds. The van der Waals surface area contributed by atoms with E-state index in [2.05, 4.69) is 22.8 Å². The Morgan fingerprint density at radius 2 is 1.76 bits per heavy atom. The van der Waals surface area contributed by atoms with Gasteiger partial charge in [0.2, 0.25) is 5.91 Å². The summed E-state index contributed by atoms with van der Waals surface area (Å²) < 4.78 is 0. The van der Waals surface area contributed by atoms with Gasteiger partial charge in [-0.05, 0) is 42.0 Å². The lowest BCUT2D eigenvalue weighted by molar-refractivity contribution is -0.117. The maximum absolute atomic E-state index is 12.6. The van der Waals surface area contributed by atoms with Crippen molar-refractivity contribution in [1.29, 1.82) is 0 Å². The molecule has 0 spiro atoms. The molecule has 1 atom stereocenters. The largest absolute Gasteiger partial charge is 0.352 e. The van der Waals surface area contributed by atoms with Crippen molar-refractivity contribution in [1.82, 2.24) is 5.32 Å². The minimum atomic E-state index is -0.696. The minimum absolute atomic E-state index is 0.256. The second-order valence-electron chi connectivity index (χ2n) is 5.65. The van der Waals surface area contributed by atoms with Gasteiger partial charge in [0.15, 0.2) is 0 Å². The van der Waals surface area contributed by atoms with Crippen molar-refractivity contribution < 1.29 is 9.59 Å². The standard InChI is InChI=1S/C19H23N3O2S/c1-25-12-11-17(22-19(20)24)18(23)21-16-10-6-5-9-15(16)13-14-7-3-2-4-8-14/h2-10,17H,11-13H2,1H3,(H,21,23)(H3,20,22,24)/t17-/m1/s1. The smallest absolute Gasteiger partial charge is 0.312 e. The molecule has 0 aliphatic carbocycles. The molecule has 2 aromatic carbocycles. The first-order valence-corrected chi connectivity index (χ1v) is 9.47. The van der Waals surface area contributed by atoms with Gasteiger partial charge in [0, 0.05) is 5.69 Å². The second-order valence-corrected chi connectivity index (χ2v) is 6.64. The number of nitrogens with two attached hydrogens (primary N) is 1. The molecule has 2 rings (SSSR count). The van der Waals surface area contributed by atoms with E-state index in [4.69, 9.17) is 5.73 Å². The van der Waals surface area contributed by atoms with Crippen molar-refractivity contribution in [2.45, 2.75) is 18.9 Å². The van der Waals surface area contributed by atoms with Crippen LogP contribution in [0.25, 0.3) is 0 Å². The van der Waals surface area contributed by atoms with E-state index >= 15 is 0 Å². The number of carbonyl (C=O) groups is 2. The number of anilines is 1. The van der Waals surface area contributed by atoms with E-state index in [0.717, 1.165) is 23.4 Å². The first kappa shape index (κ1) is 18.9. The Balaban J connectivity index is 2.12. The molecule has 0 radical (unpaired) electrons. The number of primary amides is 1. The molecule has 5 nitrogen and oxygen atoms in total. The second kappa shape index (κ2) is 9.74. The number of thioether (sulfide) groups is 1. The van der Waals surface area contributed by atoms with Gasteiger partial charge in [-0.2, -0.15) is 11.8 Å². The Morgan fingerprint density at radius 1 is 1.08 bits per heavy atom. The molecular weight excluding hydrogens is 334 g/mol. The highest BCUT2D eigenvalue weighted by atomic mass is 32.2. The number of benzene rings is 2. The molecule has 0 bridgehead atoms. The highest BCUT2D eigenvalue weighted by molar-refractivity contribution is 7.98. The molecule has 0 heterocycles. The van der Waals surface area contributed by atoms with Crippen LogP contribution in [0.2, 0.25) is 0 Å². The number of amides is 3. The van der Waals surface area contributed by atoms with Crippen LogP contribution in [-0.4, -0.2) is 30.0 Å². The van der Waals surface area contributed by atoms with Crippen LogP contribution >= 0.6 is 11.8 Å². The van der Waals surface area contributed by atoms with Crippen LogP contribution < -0.4 is 16.4 Å². The Kier molecular flexibility index (Phi) is 7.35. The number of rotatable bonds is 8. The zero-order valence-corrected chi connectivity index (χ0v) is 15.0. The van der Waals surface area contributed by atoms with E-state index < -0.39 is 12.1 Å². The van der Waals surface area contributed by atoms with Gasteiger partial charge < -0.3 is 16.4 Å². The SMILES string of the molecule is CSCC[C@@H](NC(N)=O)C(=O)Nc1ccccc1Cc1ccccc1. The Labute approximate surface area is 152 Å².